The van der Waals surface area contributed by atoms with Crippen LogP contribution in [0.2, 0.25) is 0 Å². The van der Waals surface area contributed by atoms with E-state index in [1.165, 1.54) is 12.1 Å². The summed E-state index contributed by atoms with van der Waals surface area (Å²) >= 11 is 0. The van der Waals surface area contributed by atoms with Crippen molar-refractivity contribution in [1.29, 1.82) is 0 Å². The number of nitrogens with zero attached hydrogens (tertiary/aromatic N) is 1. The lowest BCUT2D eigenvalue weighted by molar-refractivity contribution is -0.0962. The van der Waals surface area contributed by atoms with E-state index < -0.39 is 6.10 Å². The molecule has 0 bridgehead atoms. The van der Waals surface area contributed by atoms with Crippen molar-refractivity contribution < 1.29 is 28.4 Å². The number of hydrogen-bond acceptors (Lipinski definition) is 6. The molecule has 0 unspecified atom stereocenters. The molecule has 2 aromatic rings. The number of morpholine rings is 1. The van der Waals surface area contributed by atoms with Gasteiger partial charge in [0.25, 0.3) is 0 Å². The lowest BCUT2D eigenvalue weighted by Gasteiger charge is -2.41. The summed E-state index contributed by atoms with van der Waals surface area (Å²) in [6.45, 7) is 1.44. The minimum absolute atomic E-state index is 0.129. The topological polar surface area (TPSA) is 60.4 Å². The summed E-state index contributed by atoms with van der Waals surface area (Å²) in [4.78, 5) is 2.16. The number of ether oxygens (including phenoxy) is 4. The first-order chi connectivity index (χ1) is 13.6. The fraction of sp³-hybridized carbons (Fsp3) is 0.429. The predicted octanol–water partition coefficient (Wildman–Crippen LogP) is 2.79. The zero-order valence-electron chi connectivity index (χ0n) is 16.4. The van der Waals surface area contributed by atoms with Gasteiger partial charge in [0.15, 0.2) is 11.5 Å². The molecule has 1 aliphatic heterocycles. The molecule has 0 amide bonds. The fourth-order valence-electron chi connectivity index (χ4n) is 3.67. The Kier molecular flexibility index (Phi) is 6.72. The van der Waals surface area contributed by atoms with Crippen molar-refractivity contribution in [3.8, 4) is 17.2 Å². The molecule has 0 spiro atoms. The Balaban J connectivity index is 1.96. The smallest absolute Gasteiger partial charge is 0.161 e. The van der Waals surface area contributed by atoms with Gasteiger partial charge in [0, 0.05) is 18.7 Å². The molecule has 1 aliphatic rings. The largest absolute Gasteiger partial charge is 0.496 e. The maximum Gasteiger partial charge on any atom is 0.161 e. The molecule has 6 nitrogen and oxygen atoms in total. The Morgan fingerprint density at radius 2 is 1.75 bits per heavy atom. The van der Waals surface area contributed by atoms with E-state index in [-0.39, 0.29) is 18.5 Å². The van der Waals surface area contributed by atoms with Gasteiger partial charge in [-0.25, -0.2) is 4.39 Å². The average Bonchev–Trinajstić information content (AvgIpc) is 2.73. The van der Waals surface area contributed by atoms with Crippen LogP contribution in [0.5, 0.6) is 17.2 Å². The maximum atomic E-state index is 13.8. The highest BCUT2D eigenvalue weighted by Crippen LogP contribution is 2.37. The lowest BCUT2D eigenvalue weighted by Crippen LogP contribution is -2.46. The van der Waals surface area contributed by atoms with Crippen LogP contribution >= 0.6 is 0 Å². The highest BCUT2D eigenvalue weighted by Gasteiger charge is 2.34. The summed E-state index contributed by atoms with van der Waals surface area (Å²) in [6, 6.07) is 9.90. The summed E-state index contributed by atoms with van der Waals surface area (Å²) in [5.74, 6) is 1.54. The minimum atomic E-state index is -0.411. The summed E-state index contributed by atoms with van der Waals surface area (Å²) < 4.78 is 35.8. The van der Waals surface area contributed by atoms with Gasteiger partial charge < -0.3 is 24.1 Å². The molecule has 1 saturated heterocycles. The maximum absolute atomic E-state index is 13.8. The van der Waals surface area contributed by atoms with Crippen LogP contribution in [-0.4, -0.2) is 57.2 Å². The van der Waals surface area contributed by atoms with Crippen LogP contribution in [0, 0.1) is 5.82 Å². The molecule has 2 aromatic carbocycles. The number of benzene rings is 2. The molecule has 0 saturated carbocycles. The highest BCUT2D eigenvalue weighted by atomic mass is 19.1. The van der Waals surface area contributed by atoms with E-state index in [4.69, 9.17) is 18.9 Å². The monoisotopic (exact) mass is 391 g/mol. The number of hydrogen-bond donors (Lipinski definition) is 1. The Labute approximate surface area is 164 Å². The first-order valence-electron chi connectivity index (χ1n) is 9.12. The van der Waals surface area contributed by atoms with E-state index in [9.17, 15) is 9.50 Å². The van der Waals surface area contributed by atoms with Crippen molar-refractivity contribution in [2.75, 3.05) is 41.1 Å². The van der Waals surface area contributed by atoms with Gasteiger partial charge in [0.2, 0.25) is 0 Å². The summed E-state index contributed by atoms with van der Waals surface area (Å²) in [5, 5.41) is 9.89. The number of rotatable bonds is 7. The van der Waals surface area contributed by atoms with Gasteiger partial charge in [-0.2, -0.15) is 0 Å². The molecule has 1 fully saturated rings. The van der Waals surface area contributed by atoms with Crippen molar-refractivity contribution in [3.63, 3.8) is 0 Å². The lowest BCUT2D eigenvalue weighted by atomic mass is 9.97. The number of aliphatic hydroxyl groups excluding tert-OH is 1. The van der Waals surface area contributed by atoms with Crippen LogP contribution in [-0.2, 0) is 11.3 Å². The molecule has 7 heteroatoms. The fourth-order valence-corrected chi connectivity index (χ4v) is 3.67. The molecule has 152 valence electrons. The molecule has 0 aromatic heterocycles. The Morgan fingerprint density at radius 1 is 1.04 bits per heavy atom. The molecule has 0 aliphatic carbocycles. The van der Waals surface area contributed by atoms with E-state index in [1.54, 1.807) is 27.4 Å². The van der Waals surface area contributed by atoms with Gasteiger partial charge in [0.1, 0.15) is 17.7 Å². The van der Waals surface area contributed by atoms with E-state index >= 15 is 0 Å². The SMILES string of the molecule is COc1ccc(F)cc1CN1CCO[C@H](CO)[C@H]1c1ccc(OC)c(OC)c1. The van der Waals surface area contributed by atoms with Crippen molar-refractivity contribution in [1.82, 2.24) is 4.90 Å². The van der Waals surface area contributed by atoms with E-state index in [0.717, 1.165) is 11.1 Å². The molecule has 3 rings (SSSR count). The van der Waals surface area contributed by atoms with Gasteiger partial charge in [0.05, 0.1) is 40.6 Å². The third-order valence-electron chi connectivity index (χ3n) is 5.00. The van der Waals surface area contributed by atoms with E-state index in [0.29, 0.717) is 36.9 Å². The Hall–Kier alpha value is -2.35. The third-order valence-corrected chi connectivity index (χ3v) is 5.00. The second-order valence-electron chi connectivity index (χ2n) is 6.58. The van der Waals surface area contributed by atoms with Crippen LogP contribution in [0.25, 0.3) is 0 Å². The Morgan fingerprint density at radius 3 is 2.43 bits per heavy atom. The quantitative estimate of drug-likeness (QED) is 0.783. The van der Waals surface area contributed by atoms with Crippen LogP contribution in [0.3, 0.4) is 0 Å². The summed E-state index contributed by atoms with van der Waals surface area (Å²) in [5.41, 5.74) is 1.67. The summed E-state index contributed by atoms with van der Waals surface area (Å²) in [7, 11) is 4.73. The van der Waals surface area contributed by atoms with Crippen LogP contribution in [0.15, 0.2) is 36.4 Å². The second-order valence-corrected chi connectivity index (χ2v) is 6.58. The van der Waals surface area contributed by atoms with Crippen LogP contribution in [0.4, 0.5) is 4.39 Å². The van der Waals surface area contributed by atoms with Crippen molar-refractivity contribution in [3.05, 3.63) is 53.3 Å². The standard InChI is InChI=1S/C21H26FNO5/c1-25-17-7-5-16(22)10-15(17)12-23-8-9-28-20(13-24)21(23)14-4-6-18(26-2)19(11-14)27-3/h4-7,10-11,20-21,24H,8-9,12-13H2,1-3H3/t20-,21-/m1/s1. The van der Waals surface area contributed by atoms with Crippen molar-refractivity contribution in [2.45, 2.75) is 18.7 Å². The normalized spacial score (nSPS) is 20.0. The molecule has 1 N–H and O–H groups in total. The van der Waals surface area contributed by atoms with E-state index in [2.05, 4.69) is 4.90 Å². The van der Waals surface area contributed by atoms with Gasteiger partial charge in [-0.05, 0) is 35.9 Å². The number of aliphatic hydroxyl groups is 1. The minimum Gasteiger partial charge on any atom is -0.496 e. The molecule has 0 radical (unpaired) electrons. The molecular weight excluding hydrogens is 365 g/mol. The Bertz CT molecular complexity index is 800. The van der Waals surface area contributed by atoms with Gasteiger partial charge in [-0.3, -0.25) is 4.90 Å². The third kappa shape index (κ3) is 4.22. The zero-order valence-corrected chi connectivity index (χ0v) is 16.4. The second kappa shape index (κ2) is 9.23. The van der Waals surface area contributed by atoms with E-state index in [1.807, 2.05) is 18.2 Å². The van der Waals surface area contributed by atoms with Gasteiger partial charge in [-0.15, -0.1) is 0 Å². The van der Waals surface area contributed by atoms with Gasteiger partial charge in [-0.1, -0.05) is 6.07 Å². The highest BCUT2D eigenvalue weighted by molar-refractivity contribution is 5.44. The van der Waals surface area contributed by atoms with Crippen LogP contribution in [0.1, 0.15) is 17.2 Å². The van der Waals surface area contributed by atoms with Gasteiger partial charge >= 0.3 is 0 Å². The first kappa shape index (κ1) is 20.4. The first-order valence-corrected chi connectivity index (χ1v) is 9.12. The number of halogens is 1. The average molecular weight is 391 g/mol. The predicted molar refractivity (Wildman–Crippen MR) is 102 cm³/mol. The zero-order chi connectivity index (χ0) is 20.1. The molecule has 28 heavy (non-hydrogen) atoms. The molecule has 2 atom stereocenters. The van der Waals surface area contributed by atoms with Crippen LogP contribution < -0.4 is 14.2 Å². The van der Waals surface area contributed by atoms with Crippen molar-refractivity contribution in [2.24, 2.45) is 0 Å². The number of methoxy groups -OCH3 is 3. The van der Waals surface area contributed by atoms with Crippen molar-refractivity contribution >= 4 is 0 Å². The summed E-state index contributed by atoms with van der Waals surface area (Å²) in [6.07, 6.45) is -0.411. The molecule has 1 heterocycles. The molecular formula is C21H26FNO5.